The summed E-state index contributed by atoms with van der Waals surface area (Å²) in [6.45, 7) is 6.57. The highest BCUT2D eigenvalue weighted by atomic mass is 35.5. The largest absolute Gasteiger partial charge is 0.439 e. The molecule has 0 unspecified atom stereocenters. The van der Waals surface area contributed by atoms with E-state index >= 15 is 0 Å². The number of H-pyrrole nitrogens is 1. The van der Waals surface area contributed by atoms with Crippen LogP contribution in [0.1, 0.15) is 36.8 Å². The summed E-state index contributed by atoms with van der Waals surface area (Å²) in [4.78, 5) is 27.4. The van der Waals surface area contributed by atoms with Crippen molar-refractivity contribution in [1.29, 1.82) is 0 Å². The summed E-state index contributed by atoms with van der Waals surface area (Å²) < 4.78 is 6.52. The summed E-state index contributed by atoms with van der Waals surface area (Å²) in [7, 11) is 1.88. The van der Waals surface area contributed by atoms with Gasteiger partial charge in [-0.25, -0.2) is 4.79 Å². The van der Waals surface area contributed by atoms with Crippen LogP contribution in [0.25, 0.3) is 33.4 Å². The first kappa shape index (κ1) is 23.6. The van der Waals surface area contributed by atoms with E-state index in [0.29, 0.717) is 22.0 Å². The second kappa shape index (κ2) is 8.84. The van der Waals surface area contributed by atoms with E-state index in [1.807, 2.05) is 29.8 Å². The van der Waals surface area contributed by atoms with Gasteiger partial charge in [0.15, 0.2) is 5.82 Å². The predicted octanol–water partition coefficient (Wildman–Crippen LogP) is 6.39. The first-order chi connectivity index (χ1) is 17.1. The molecule has 7 nitrogen and oxygen atoms in total. The summed E-state index contributed by atoms with van der Waals surface area (Å²) in [6.07, 6.45) is 0. The Morgan fingerprint density at radius 1 is 1.03 bits per heavy atom. The highest BCUT2D eigenvalue weighted by Crippen LogP contribution is 2.33. The molecule has 2 heterocycles. The van der Waals surface area contributed by atoms with E-state index in [9.17, 15) is 9.59 Å². The van der Waals surface area contributed by atoms with Crippen LogP contribution in [0.4, 0.5) is 5.69 Å². The number of fused-ring (bicyclic) bond motifs is 1. The molecular weight excluding hydrogens is 476 g/mol. The van der Waals surface area contributed by atoms with E-state index in [1.54, 1.807) is 18.2 Å². The van der Waals surface area contributed by atoms with Gasteiger partial charge in [0.1, 0.15) is 5.69 Å². The van der Waals surface area contributed by atoms with Gasteiger partial charge in [-0.15, -0.1) is 0 Å². The third kappa shape index (κ3) is 4.33. The van der Waals surface area contributed by atoms with Gasteiger partial charge in [0, 0.05) is 28.6 Å². The Morgan fingerprint density at radius 3 is 2.44 bits per heavy atom. The van der Waals surface area contributed by atoms with Gasteiger partial charge in [0.25, 0.3) is 5.91 Å². The van der Waals surface area contributed by atoms with E-state index in [-0.39, 0.29) is 17.1 Å². The minimum atomic E-state index is -0.695. The number of para-hydroxylation sites is 1. The molecule has 0 saturated carbocycles. The summed E-state index contributed by atoms with van der Waals surface area (Å²) in [5.74, 6) is -0.827. The van der Waals surface area contributed by atoms with Gasteiger partial charge in [-0.3, -0.25) is 14.3 Å². The Morgan fingerprint density at radius 2 is 1.78 bits per heavy atom. The number of amides is 1. The van der Waals surface area contributed by atoms with Crippen molar-refractivity contribution in [3.8, 4) is 22.5 Å². The molecule has 0 atom stereocenters. The predicted molar refractivity (Wildman–Crippen MR) is 143 cm³/mol. The molecule has 0 bridgehead atoms. The van der Waals surface area contributed by atoms with Crippen LogP contribution in [-0.4, -0.2) is 20.6 Å². The van der Waals surface area contributed by atoms with Gasteiger partial charge in [-0.1, -0.05) is 80.0 Å². The Hall–Kier alpha value is -4.10. The molecule has 8 heteroatoms. The number of rotatable bonds is 4. The molecule has 1 amide bonds. The Kier molecular flexibility index (Phi) is 5.80. The van der Waals surface area contributed by atoms with Crippen molar-refractivity contribution in [2.45, 2.75) is 26.2 Å². The van der Waals surface area contributed by atoms with Crippen LogP contribution in [0.15, 0.2) is 76.0 Å². The number of halogens is 1. The van der Waals surface area contributed by atoms with Crippen molar-refractivity contribution >= 4 is 34.1 Å². The molecule has 0 aliphatic carbocycles. The highest BCUT2D eigenvalue weighted by molar-refractivity contribution is 6.31. The molecule has 36 heavy (non-hydrogen) atoms. The van der Waals surface area contributed by atoms with Crippen LogP contribution < -0.4 is 11.1 Å². The molecule has 5 aromatic rings. The number of aromatic nitrogens is 3. The van der Waals surface area contributed by atoms with Gasteiger partial charge in [-0.05, 0) is 40.8 Å². The Balaban J connectivity index is 1.53. The summed E-state index contributed by atoms with van der Waals surface area (Å²) in [5.41, 5.74) is 5.79. The maximum absolute atomic E-state index is 13.4. The average molecular weight is 501 g/mol. The molecule has 0 aliphatic rings. The van der Waals surface area contributed by atoms with Crippen LogP contribution in [-0.2, 0) is 12.5 Å². The maximum Gasteiger partial charge on any atom is 0.439 e. The monoisotopic (exact) mass is 500 g/mol. The maximum atomic E-state index is 13.4. The van der Waals surface area contributed by atoms with E-state index < -0.39 is 5.76 Å². The van der Waals surface area contributed by atoms with Crippen molar-refractivity contribution in [3.05, 3.63) is 93.6 Å². The van der Waals surface area contributed by atoms with Crippen molar-refractivity contribution < 1.29 is 9.32 Å². The van der Waals surface area contributed by atoms with Gasteiger partial charge >= 0.3 is 5.76 Å². The number of nitrogens with zero attached hydrogens (tertiary/aromatic N) is 2. The topological polar surface area (TPSA) is 92.9 Å². The molecule has 0 radical (unpaired) electrons. The van der Waals surface area contributed by atoms with Crippen LogP contribution >= 0.6 is 11.6 Å². The smallest absolute Gasteiger partial charge is 0.339 e. The van der Waals surface area contributed by atoms with Crippen molar-refractivity contribution in [3.63, 3.8) is 0 Å². The fourth-order valence-corrected chi connectivity index (χ4v) is 4.54. The third-order valence-electron chi connectivity index (χ3n) is 6.28. The molecule has 5 rings (SSSR count). The normalized spacial score (nSPS) is 11.7. The second-order valence-electron chi connectivity index (χ2n) is 9.75. The molecule has 0 aliphatic heterocycles. The first-order valence-electron chi connectivity index (χ1n) is 11.5. The van der Waals surface area contributed by atoms with Gasteiger partial charge < -0.3 is 9.88 Å². The van der Waals surface area contributed by atoms with E-state index in [1.165, 1.54) is 5.56 Å². The van der Waals surface area contributed by atoms with Gasteiger partial charge in [-0.2, -0.15) is 0 Å². The Bertz CT molecular complexity index is 1650. The van der Waals surface area contributed by atoms with E-state index in [2.05, 4.69) is 71.1 Å². The number of hydrogen-bond donors (Lipinski definition) is 2. The minimum absolute atomic E-state index is 0.0697. The average Bonchev–Trinajstić information content (AvgIpc) is 3.43. The van der Waals surface area contributed by atoms with Crippen LogP contribution in [0, 0.1) is 0 Å². The molecule has 0 saturated heterocycles. The second-order valence-corrected chi connectivity index (χ2v) is 10.2. The standard InChI is InChI=1S/C28H25ClN4O3/c1-28(2,3)18-10-8-16(9-11-18)20-7-5-6-17-14-23(33(4)24(17)20)26(34)30-22-13-12-19(29)15-21(22)25-31-27(35)36-32-25/h5-15H,1-4H3,(H,30,34)(H,31,32,35). The lowest BCUT2D eigenvalue weighted by atomic mass is 9.86. The summed E-state index contributed by atoms with van der Waals surface area (Å²) in [5, 5.41) is 8.04. The molecule has 0 spiro atoms. The highest BCUT2D eigenvalue weighted by Gasteiger charge is 2.20. The van der Waals surface area contributed by atoms with Gasteiger partial charge in [0.2, 0.25) is 0 Å². The molecule has 182 valence electrons. The van der Waals surface area contributed by atoms with Gasteiger partial charge in [0.05, 0.1) is 11.2 Å². The zero-order valence-electron chi connectivity index (χ0n) is 20.3. The number of anilines is 1. The lowest BCUT2D eigenvalue weighted by molar-refractivity contribution is 0.102. The fourth-order valence-electron chi connectivity index (χ4n) is 4.37. The number of benzene rings is 3. The quantitative estimate of drug-likeness (QED) is 0.299. The van der Waals surface area contributed by atoms with Crippen molar-refractivity contribution in [1.82, 2.24) is 14.7 Å². The number of hydrogen-bond acceptors (Lipinski definition) is 4. The SMILES string of the molecule is Cn1c(C(=O)Nc2ccc(Cl)cc2-c2noc(=O)[nH]2)cc2cccc(-c3ccc(C(C)(C)C)cc3)c21. The zero-order valence-corrected chi connectivity index (χ0v) is 21.1. The summed E-state index contributed by atoms with van der Waals surface area (Å²) >= 11 is 6.15. The molecule has 2 N–H and O–H groups in total. The van der Waals surface area contributed by atoms with E-state index in [0.717, 1.165) is 22.0 Å². The third-order valence-corrected chi connectivity index (χ3v) is 6.51. The fraction of sp³-hybridized carbons (Fsp3) is 0.179. The van der Waals surface area contributed by atoms with Crippen molar-refractivity contribution in [2.75, 3.05) is 5.32 Å². The number of nitrogens with one attached hydrogen (secondary N) is 2. The Labute approximate surface area is 212 Å². The molecule has 3 aromatic carbocycles. The number of aryl methyl sites for hydroxylation is 1. The molecule has 2 aromatic heterocycles. The minimum Gasteiger partial charge on any atom is -0.339 e. The van der Waals surface area contributed by atoms with E-state index in [4.69, 9.17) is 11.6 Å². The molecular formula is C28H25ClN4O3. The number of aromatic amines is 1. The molecule has 0 fully saturated rings. The first-order valence-corrected chi connectivity index (χ1v) is 11.9. The van der Waals surface area contributed by atoms with Crippen LogP contribution in [0.3, 0.4) is 0 Å². The van der Waals surface area contributed by atoms with Crippen LogP contribution in [0.2, 0.25) is 5.02 Å². The number of carbonyl (C=O) groups excluding carboxylic acids is 1. The number of carbonyl (C=O) groups is 1. The lowest BCUT2D eigenvalue weighted by Gasteiger charge is -2.19. The summed E-state index contributed by atoms with van der Waals surface area (Å²) in [6, 6.07) is 21.4. The van der Waals surface area contributed by atoms with Crippen molar-refractivity contribution in [2.24, 2.45) is 7.05 Å². The lowest BCUT2D eigenvalue weighted by Crippen LogP contribution is -2.16. The zero-order chi connectivity index (χ0) is 25.6. The van der Waals surface area contributed by atoms with Crippen LogP contribution in [0.5, 0.6) is 0 Å².